The predicted octanol–water partition coefficient (Wildman–Crippen LogP) is 4.92. The van der Waals surface area contributed by atoms with Crippen molar-refractivity contribution < 1.29 is 0 Å². The van der Waals surface area contributed by atoms with Gasteiger partial charge in [0, 0.05) is 17.7 Å². The molecule has 0 radical (unpaired) electrons. The number of para-hydroxylation sites is 3. The molecule has 1 heterocycles. The average Bonchev–Trinajstić information content (AvgIpc) is 2.84. The Hall–Kier alpha value is -2.91. The highest BCUT2D eigenvalue weighted by Crippen LogP contribution is 2.40. The van der Waals surface area contributed by atoms with Crippen LogP contribution < -0.4 is 10.2 Å². The fourth-order valence-corrected chi connectivity index (χ4v) is 3.48. The van der Waals surface area contributed by atoms with Crippen LogP contribution >= 0.6 is 0 Å². The first-order valence-electron chi connectivity index (χ1n) is 9.13. The molecule has 4 rings (SSSR count). The second-order valence-corrected chi connectivity index (χ2v) is 6.44. The van der Waals surface area contributed by atoms with Gasteiger partial charge in [0.1, 0.15) is 0 Å². The third-order valence-corrected chi connectivity index (χ3v) is 4.71. The van der Waals surface area contributed by atoms with E-state index in [1.54, 1.807) is 0 Å². The lowest BCUT2D eigenvalue weighted by molar-refractivity contribution is 0.723. The first-order valence-corrected chi connectivity index (χ1v) is 9.13. The number of hydrogen-bond acceptors (Lipinski definition) is 3. The fourth-order valence-electron chi connectivity index (χ4n) is 3.48. The van der Waals surface area contributed by atoms with E-state index in [0.29, 0.717) is 0 Å². The Kier molecular flexibility index (Phi) is 4.80. The lowest BCUT2D eigenvalue weighted by Crippen LogP contribution is -2.23. The molecule has 3 heteroatoms. The Bertz CT molecular complexity index is 916. The summed E-state index contributed by atoms with van der Waals surface area (Å²) in [6.45, 7) is 1.94. The first kappa shape index (κ1) is 16.6. The van der Waals surface area contributed by atoms with Crippen LogP contribution in [0, 0.1) is 0 Å². The van der Waals surface area contributed by atoms with Gasteiger partial charge in [0.15, 0.2) is 0 Å². The standard InChI is InChI=1S/C23H23N3/c1-24-16-9-17-26-21-14-7-5-12-19(21)23(18-10-3-2-4-11-18)25-20-13-6-8-15-22(20)26/h2-8,10-15,24H,9,16-17H2,1H3. The van der Waals surface area contributed by atoms with Crippen LogP contribution in [0.1, 0.15) is 17.5 Å². The Morgan fingerprint density at radius 2 is 1.50 bits per heavy atom. The van der Waals surface area contributed by atoms with E-state index < -0.39 is 0 Å². The molecule has 1 aliphatic heterocycles. The van der Waals surface area contributed by atoms with Crippen LogP contribution in [-0.2, 0) is 0 Å². The number of anilines is 2. The molecule has 1 N–H and O–H groups in total. The Morgan fingerprint density at radius 3 is 2.31 bits per heavy atom. The second-order valence-electron chi connectivity index (χ2n) is 6.44. The summed E-state index contributed by atoms with van der Waals surface area (Å²) in [5, 5.41) is 3.25. The van der Waals surface area contributed by atoms with Crippen LogP contribution in [0.4, 0.5) is 17.1 Å². The summed E-state index contributed by atoms with van der Waals surface area (Å²) in [4.78, 5) is 7.49. The Morgan fingerprint density at radius 1 is 0.808 bits per heavy atom. The second kappa shape index (κ2) is 7.54. The number of benzene rings is 3. The van der Waals surface area contributed by atoms with Crippen molar-refractivity contribution >= 4 is 22.8 Å². The molecule has 1 aliphatic rings. The van der Waals surface area contributed by atoms with Crippen molar-refractivity contribution in [2.24, 2.45) is 4.99 Å². The van der Waals surface area contributed by atoms with Gasteiger partial charge in [-0.1, -0.05) is 60.7 Å². The molecular weight excluding hydrogens is 318 g/mol. The van der Waals surface area contributed by atoms with E-state index >= 15 is 0 Å². The molecule has 0 atom stereocenters. The van der Waals surface area contributed by atoms with Crippen molar-refractivity contribution in [3.63, 3.8) is 0 Å². The van der Waals surface area contributed by atoms with Crippen molar-refractivity contribution in [3.8, 4) is 0 Å². The number of rotatable bonds is 5. The summed E-state index contributed by atoms with van der Waals surface area (Å²) in [5.41, 5.74) is 6.76. The van der Waals surface area contributed by atoms with E-state index in [-0.39, 0.29) is 0 Å². The summed E-state index contributed by atoms with van der Waals surface area (Å²) < 4.78 is 0. The molecule has 3 nitrogen and oxygen atoms in total. The van der Waals surface area contributed by atoms with E-state index in [1.807, 2.05) is 13.1 Å². The SMILES string of the molecule is CNCCCN1c2ccccc2N=C(c2ccccc2)c2ccccc21. The highest BCUT2D eigenvalue weighted by Gasteiger charge is 2.23. The van der Waals surface area contributed by atoms with Gasteiger partial charge >= 0.3 is 0 Å². The van der Waals surface area contributed by atoms with Crippen molar-refractivity contribution in [1.82, 2.24) is 5.32 Å². The molecule has 3 aromatic rings. The van der Waals surface area contributed by atoms with E-state index in [2.05, 4.69) is 83.0 Å². The maximum atomic E-state index is 5.09. The van der Waals surface area contributed by atoms with Crippen LogP contribution in [0.3, 0.4) is 0 Å². The third-order valence-electron chi connectivity index (χ3n) is 4.71. The maximum absolute atomic E-state index is 5.09. The van der Waals surface area contributed by atoms with Gasteiger partial charge in [-0.3, -0.25) is 0 Å². The molecule has 0 aliphatic carbocycles. The smallest absolute Gasteiger partial charge is 0.0874 e. The van der Waals surface area contributed by atoms with Gasteiger partial charge < -0.3 is 10.2 Å². The van der Waals surface area contributed by atoms with Gasteiger partial charge in [0.2, 0.25) is 0 Å². The molecule has 0 unspecified atom stereocenters. The molecule has 0 spiro atoms. The predicted molar refractivity (Wildman–Crippen MR) is 110 cm³/mol. The molecule has 0 bridgehead atoms. The van der Waals surface area contributed by atoms with Crippen LogP contribution in [0.2, 0.25) is 0 Å². The monoisotopic (exact) mass is 341 g/mol. The quantitative estimate of drug-likeness (QED) is 0.667. The van der Waals surface area contributed by atoms with E-state index in [4.69, 9.17) is 4.99 Å². The number of nitrogens with zero attached hydrogens (tertiary/aromatic N) is 2. The first-order chi connectivity index (χ1) is 12.9. The number of hydrogen-bond donors (Lipinski definition) is 1. The van der Waals surface area contributed by atoms with Crippen molar-refractivity contribution in [1.29, 1.82) is 0 Å². The topological polar surface area (TPSA) is 27.6 Å². The van der Waals surface area contributed by atoms with Crippen molar-refractivity contribution in [3.05, 3.63) is 90.0 Å². The summed E-state index contributed by atoms with van der Waals surface area (Å²) in [7, 11) is 2.00. The van der Waals surface area contributed by atoms with Gasteiger partial charge in [-0.05, 0) is 38.2 Å². The van der Waals surface area contributed by atoms with E-state index in [1.165, 1.54) is 16.9 Å². The molecular formula is C23H23N3. The summed E-state index contributed by atoms with van der Waals surface area (Å²) in [5.74, 6) is 0. The Labute approximate surface area is 155 Å². The lowest BCUT2D eigenvalue weighted by Gasteiger charge is -2.26. The van der Waals surface area contributed by atoms with Crippen LogP contribution in [0.25, 0.3) is 0 Å². The molecule has 3 aromatic carbocycles. The van der Waals surface area contributed by atoms with Crippen molar-refractivity contribution in [2.75, 3.05) is 25.0 Å². The zero-order valence-corrected chi connectivity index (χ0v) is 15.0. The maximum Gasteiger partial charge on any atom is 0.0874 e. The minimum absolute atomic E-state index is 0.951. The lowest BCUT2D eigenvalue weighted by atomic mass is 10.00. The van der Waals surface area contributed by atoms with Gasteiger partial charge in [0.05, 0.1) is 22.8 Å². The molecule has 0 saturated carbocycles. The number of aliphatic imine (C=N–C) groups is 1. The largest absolute Gasteiger partial charge is 0.339 e. The highest BCUT2D eigenvalue weighted by atomic mass is 15.2. The molecule has 130 valence electrons. The van der Waals surface area contributed by atoms with Gasteiger partial charge in [0.25, 0.3) is 0 Å². The zero-order valence-electron chi connectivity index (χ0n) is 15.0. The van der Waals surface area contributed by atoms with Crippen LogP contribution in [-0.4, -0.2) is 25.8 Å². The van der Waals surface area contributed by atoms with Crippen molar-refractivity contribution in [2.45, 2.75) is 6.42 Å². The third kappa shape index (κ3) is 3.14. The minimum atomic E-state index is 0.951. The molecule has 0 fully saturated rings. The van der Waals surface area contributed by atoms with E-state index in [9.17, 15) is 0 Å². The summed E-state index contributed by atoms with van der Waals surface area (Å²) in [6, 6.07) is 27.5. The normalized spacial score (nSPS) is 12.8. The summed E-state index contributed by atoms with van der Waals surface area (Å²) >= 11 is 0. The van der Waals surface area contributed by atoms with Gasteiger partial charge in [-0.25, -0.2) is 4.99 Å². The van der Waals surface area contributed by atoms with Crippen LogP contribution in [0.15, 0.2) is 83.9 Å². The highest BCUT2D eigenvalue weighted by molar-refractivity contribution is 6.18. The number of nitrogens with one attached hydrogen (secondary N) is 1. The summed E-state index contributed by atoms with van der Waals surface area (Å²) in [6.07, 6.45) is 1.07. The fraction of sp³-hybridized carbons (Fsp3) is 0.174. The zero-order chi connectivity index (χ0) is 17.8. The minimum Gasteiger partial charge on any atom is -0.339 e. The van der Waals surface area contributed by atoms with Gasteiger partial charge in [-0.2, -0.15) is 0 Å². The average molecular weight is 341 g/mol. The molecule has 0 aromatic heterocycles. The molecule has 0 amide bonds. The Balaban J connectivity index is 1.90. The van der Waals surface area contributed by atoms with Gasteiger partial charge in [-0.15, -0.1) is 0 Å². The molecule has 0 saturated heterocycles. The van der Waals surface area contributed by atoms with E-state index in [0.717, 1.165) is 36.5 Å². The number of fused-ring (bicyclic) bond motifs is 2. The van der Waals surface area contributed by atoms with Crippen LogP contribution in [0.5, 0.6) is 0 Å². The molecule has 26 heavy (non-hydrogen) atoms.